The van der Waals surface area contributed by atoms with Crippen molar-refractivity contribution < 1.29 is 26.3 Å². The van der Waals surface area contributed by atoms with E-state index in [4.69, 9.17) is 5.26 Å². The molecule has 0 bridgehead atoms. The monoisotopic (exact) mass is 308 g/mol. The van der Waals surface area contributed by atoms with Crippen molar-refractivity contribution in [1.82, 2.24) is 4.72 Å². The van der Waals surface area contributed by atoms with E-state index in [-0.39, 0.29) is 11.4 Å². The van der Waals surface area contributed by atoms with E-state index in [0.717, 1.165) is 0 Å². The maximum atomic E-state index is 11.8. The summed E-state index contributed by atoms with van der Waals surface area (Å²) in [6, 6.07) is 6.96. The summed E-state index contributed by atoms with van der Waals surface area (Å²) in [6.07, 6.45) is -4.44. The summed E-state index contributed by atoms with van der Waals surface area (Å²) in [5, 5.41) is 8.57. The van der Waals surface area contributed by atoms with Gasteiger partial charge in [0, 0.05) is 6.54 Å². The predicted molar refractivity (Wildman–Crippen MR) is 63.2 cm³/mol. The molecule has 0 saturated carbocycles. The first-order chi connectivity index (χ1) is 9.24. The van der Waals surface area contributed by atoms with Gasteiger partial charge in [-0.15, -0.1) is 0 Å². The zero-order valence-corrected chi connectivity index (χ0v) is 11.0. The maximum absolute atomic E-state index is 11.8. The SMILES string of the molecule is N#Cc1ccc(S(=O)(=O)NCCOCC(F)(F)F)cc1. The standard InChI is InChI=1S/C11H11F3N2O3S/c12-11(13,14)8-19-6-5-16-20(17,18)10-3-1-9(7-15)2-4-10/h1-4,16H,5-6,8H2. The van der Waals surface area contributed by atoms with E-state index in [1.54, 1.807) is 0 Å². The molecule has 0 heterocycles. The van der Waals surface area contributed by atoms with Gasteiger partial charge in [0.2, 0.25) is 10.0 Å². The van der Waals surface area contributed by atoms with Crippen molar-refractivity contribution in [3.8, 4) is 6.07 Å². The van der Waals surface area contributed by atoms with Gasteiger partial charge in [0.25, 0.3) is 0 Å². The zero-order valence-electron chi connectivity index (χ0n) is 10.1. The van der Waals surface area contributed by atoms with Crippen LogP contribution in [-0.2, 0) is 14.8 Å². The second-order valence-corrected chi connectivity index (χ2v) is 5.47. The summed E-state index contributed by atoms with van der Waals surface area (Å²) >= 11 is 0. The Morgan fingerprint density at radius 3 is 2.35 bits per heavy atom. The molecular weight excluding hydrogens is 297 g/mol. The van der Waals surface area contributed by atoms with Gasteiger partial charge in [0.1, 0.15) is 6.61 Å². The first kappa shape index (κ1) is 16.4. The molecule has 1 N–H and O–H groups in total. The van der Waals surface area contributed by atoms with Crippen LogP contribution in [0.2, 0.25) is 0 Å². The van der Waals surface area contributed by atoms with E-state index in [1.807, 2.05) is 6.07 Å². The fourth-order valence-electron chi connectivity index (χ4n) is 1.23. The molecule has 1 aromatic rings. The van der Waals surface area contributed by atoms with Crippen molar-refractivity contribution in [3.63, 3.8) is 0 Å². The van der Waals surface area contributed by atoms with Gasteiger partial charge in [-0.1, -0.05) is 0 Å². The van der Waals surface area contributed by atoms with Crippen LogP contribution in [-0.4, -0.2) is 34.4 Å². The molecular formula is C11H11F3N2O3S. The number of ether oxygens (including phenoxy) is 1. The molecule has 0 spiro atoms. The molecule has 1 rings (SSSR count). The molecule has 0 amide bonds. The highest BCUT2D eigenvalue weighted by atomic mass is 32.2. The topological polar surface area (TPSA) is 79.2 Å². The minimum atomic E-state index is -4.44. The minimum Gasteiger partial charge on any atom is -0.371 e. The number of nitrogens with zero attached hydrogens (tertiary/aromatic N) is 1. The fraction of sp³-hybridized carbons (Fsp3) is 0.364. The average molecular weight is 308 g/mol. The molecule has 0 fully saturated rings. The maximum Gasteiger partial charge on any atom is 0.411 e. The molecule has 0 radical (unpaired) electrons. The van der Waals surface area contributed by atoms with Gasteiger partial charge in [-0.3, -0.25) is 0 Å². The van der Waals surface area contributed by atoms with Crippen LogP contribution < -0.4 is 4.72 Å². The highest BCUT2D eigenvalue weighted by Crippen LogP contribution is 2.14. The molecule has 0 aliphatic carbocycles. The molecule has 0 aromatic heterocycles. The molecule has 0 aliphatic rings. The van der Waals surface area contributed by atoms with Crippen LogP contribution in [0.3, 0.4) is 0 Å². The van der Waals surface area contributed by atoms with E-state index in [1.165, 1.54) is 24.3 Å². The van der Waals surface area contributed by atoms with Crippen LogP contribution in [0.25, 0.3) is 0 Å². The number of nitrogens with one attached hydrogen (secondary N) is 1. The van der Waals surface area contributed by atoms with Crippen LogP contribution >= 0.6 is 0 Å². The van der Waals surface area contributed by atoms with Crippen molar-refractivity contribution in [2.75, 3.05) is 19.8 Å². The Morgan fingerprint density at radius 2 is 1.85 bits per heavy atom. The van der Waals surface area contributed by atoms with Crippen molar-refractivity contribution >= 4 is 10.0 Å². The van der Waals surface area contributed by atoms with Gasteiger partial charge >= 0.3 is 6.18 Å². The molecule has 9 heteroatoms. The molecule has 5 nitrogen and oxygen atoms in total. The largest absolute Gasteiger partial charge is 0.411 e. The van der Waals surface area contributed by atoms with Crippen molar-refractivity contribution in [3.05, 3.63) is 29.8 Å². The van der Waals surface area contributed by atoms with Crippen LogP contribution in [0.15, 0.2) is 29.2 Å². The number of hydrogen-bond donors (Lipinski definition) is 1. The lowest BCUT2D eigenvalue weighted by atomic mass is 10.2. The Hall–Kier alpha value is -1.63. The van der Waals surface area contributed by atoms with Crippen molar-refractivity contribution in [2.45, 2.75) is 11.1 Å². The lowest BCUT2D eigenvalue weighted by Gasteiger charge is -2.09. The lowest BCUT2D eigenvalue weighted by Crippen LogP contribution is -2.29. The normalized spacial score (nSPS) is 12.1. The van der Waals surface area contributed by atoms with Gasteiger partial charge in [0.05, 0.1) is 23.1 Å². The Morgan fingerprint density at radius 1 is 1.25 bits per heavy atom. The third kappa shape index (κ3) is 5.56. The molecule has 1 aromatic carbocycles. The second-order valence-electron chi connectivity index (χ2n) is 3.70. The molecule has 0 saturated heterocycles. The van der Waals surface area contributed by atoms with Crippen LogP contribution in [0, 0.1) is 11.3 Å². The fourth-order valence-corrected chi connectivity index (χ4v) is 2.24. The highest BCUT2D eigenvalue weighted by Gasteiger charge is 2.27. The Kier molecular flexibility index (Phi) is 5.50. The van der Waals surface area contributed by atoms with Crippen LogP contribution in [0.4, 0.5) is 13.2 Å². The lowest BCUT2D eigenvalue weighted by molar-refractivity contribution is -0.173. The number of nitriles is 1. The van der Waals surface area contributed by atoms with E-state index < -0.39 is 29.4 Å². The molecule has 0 unspecified atom stereocenters. The minimum absolute atomic E-state index is 0.0766. The first-order valence-electron chi connectivity index (χ1n) is 5.39. The summed E-state index contributed by atoms with van der Waals surface area (Å²) in [5.74, 6) is 0. The molecule has 0 aliphatic heterocycles. The van der Waals surface area contributed by atoms with Crippen LogP contribution in [0.1, 0.15) is 5.56 Å². The number of sulfonamides is 1. The second kappa shape index (κ2) is 6.69. The van der Waals surface area contributed by atoms with Gasteiger partial charge in [-0.05, 0) is 24.3 Å². The quantitative estimate of drug-likeness (QED) is 0.806. The van der Waals surface area contributed by atoms with Crippen molar-refractivity contribution in [2.24, 2.45) is 0 Å². The third-order valence-electron chi connectivity index (χ3n) is 2.10. The van der Waals surface area contributed by atoms with E-state index in [0.29, 0.717) is 5.56 Å². The Bertz CT molecular complexity index is 576. The Labute approximate surface area is 114 Å². The van der Waals surface area contributed by atoms with E-state index >= 15 is 0 Å². The summed E-state index contributed by atoms with van der Waals surface area (Å²) in [6.45, 7) is -2.10. The molecule has 110 valence electrons. The smallest absolute Gasteiger partial charge is 0.371 e. The summed E-state index contributed by atoms with van der Waals surface area (Å²) in [4.78, 5) is -0.0766. The average Bonchev–Trinajstić information content (AvgIpc) is 2.37. The van der Waals surface area contributed by atoms with Gasteiger partial charge in [-0.2, -0.15) is 18.4 Å². The van der Waals surface area contributed by atoms with Gasteiger partial charge < -0.3 is 4.74 Å². The van der Waals surface area contributed by atoms with Gasteiger partial charge in [-0.25, -0.2) is 13.1 Å². The molecule has 20 heavy (non-hydrogen) atoms. The van der Waals surface area contributed by atoms with Crippen LogP contribution in [0.5, 0.6) is 0 Å². The summed E-state index contributed by atoms with van der Waals surface area (Å²) in [7, 11) is -3.82. The number of rotatable bonds is 6. The van der Waals surface area contributed by atoms with Crippen molar-refractivity contribution in [1.29, 1.82) is 5.26 Å². The zero-order chi connectivity index (χ0) is 15.2. The summed E-state index contributed by atoms with van der Waals surface area (Å²) < 4.78 is 65.1. The van der Waals surface area contributed by atoms with E-state index in [2.05, 4.69) is 9.46 Å². The third-order valence-corrected chi connectivity index (χ3v) is 3.57. The Balaban J connectivity index is 2.47. The molecule has 0 atom stereocenters. The van der Waals surface area contributed by atoms with Gasteiger partial charge in [0.15, 0.2) is 0 Å². The predicted octanol–water partition coefficient (Wildman–Crippen LogP) is 1.42. The number of alkyl halides is 3. The first-order valence-corrected chi connectivity index (χ1v) is 6.87. The van der Waals surface area contributed by atoms with E-state index in [9.17, 15) is 21.6 Å². The number of hydrogen-bond acceptors (Lipinski definition) is 4. The highest BCUT2D eigenvalue weighted by molar-refractivity contribution is 7.89. The number of benzene rings is 1. The summed E-state index contributed by atoms with van der Waals surface area (Å²) in [5.41, 5.74) is 0.303. The number of halogens is 3.